The maximum Gasteiger partial charge on any atom is 0.0722 e. The van der Waals surface area contributed by atoms with E-state index in [1.54, 1.807) is 0 Å². The van der Waals surface area contributed by atoms with Crippen LogP contribution in [-0.2, 0) is 0 Å². The summed E-state index contributed by atoms with van der Waals surface area (Å²) >= 11 is 0. The zero-order chi connectivity index (χ0) is 7.84. The molecule has 0 aromatic carbocycles. The average molecular weight is 156 g/mol. The van der Waals surface area contributed by atoms with Crippen LogP contribution in [-0.4, -0.2) is 48.3 Å². The van der Waals surface area contributed by atoms with Gasteiger partial charge in [-0.25, -0.2) is 0 Å². The van der Waals surface area contributed by atoms with Crippen LogP contribution in [0, 0.1) is 0 Å². The lowest BCUT2D eigenvalue weighted by Gasteiger charge is -2.22. The lowest BCUT2D eigenvalue weighted by Crippen LogP contribution is -2.43. The van der Waals surface area contributed by atoms with Crippen LogP contribution in [0.4, 0.5) is 0 Å². The van der Waals surface area contributed by atoms with Crippen molar-refractivity contribution in [1.29, 1.82) is 0 Å². The van der Waals surface area contributed by atoms with E-state index in [-0.39, 0.29) is 6.10 Å². The second kappa shape index (κ2) is 2.73. The predicted octanol–water partition coefficient (Wildman–Crippen LogP) is -0.587. The maximum atomic E-state index is 9.62. The normalized spacial score (nSPS) is 44.7. The van der Waals surface area contributed by atoms with Gasteiger partial charge in [0.15, 0.2) is 0 Å². The molecule has 3 atom stereocenters. The number of rotatable bonds is 1. The quantitative estimate of drug-likeness (QED) is 0.533. The molecule has 0 spiro atoms. The molecule has 11 heavy (non-hydrogen) atoms. The number of aliphatic hydroxyl groups excluding tert-OH is 1. The Labute approximate surface area is 67.4 Å². The van der Waals surface area contributed by atoms with E-state index in [0.29, 0.717) is 12.1 Å². The van der Waals surface area contributed by atoms with Crippen LogP contribution in [0.5, 0.6) is 0 Å². The molecule has 1 unspecified atom stereocenters. The monoisotopic (exact) mass is 156 g/mol. The first kappa shape index (κ1) is 7.53. The molecule has 2 fully saturated rings. The van der Waals surface area contributed by atoms with Crippen molar-refractivity contribution < 1.29 is 5.11 Å². The largest absolute Gasteiger partial charge is 0.391 e. The third-order valence-electron chi connectivity index (χ3n) is 3.04. The van der Waals surface area contributed by atoms with Gasteiger partial charge in [-0.3, -0.25) is 4.90 Å². The second-order valence-electron chi connectivity index (χ2n) is 3.57. The smallest absolute Gasteiger partial charge is 0.0722 e. The number of aliphatic hydroxyl groups is 1. The molecular weight excluding hydrogens is 140 g/mol. The molecule has 2 saturated heterocycles. The molecule has 0 radical (unpaired) electrons. The number of hydrogen-bond donors (Lipinski definition) is 2. The molecule has 0 saturated carbocycles. The van der Waals surface area contributed by atoms with Crippen molar-refractivity contribution in [2.24, 2.45) is 0 Å². The summed E-state index contributed by atoms with van der Waals surface area (Å²) in [5.74, 6) is 0. The highest BCUT2D eigenvalue weighted by molar-refractivity contribution is 4.99. The highest BCUT2D eigenvalue weighted by atomic mass is 16.3. The van der Waals surface area contributed by atoms with E-state index >= 15 is 0 Å². The van der Waals surface area contributed by atoms with Gasteiger partial charge in [0.2, 0.25) is 0 Å². The van der Waals surface area contributed by atoms with Gasteiger partial charge >= 0.3 is 0 Å². The van der Waals surface area contributed by atoms with Crippen molar-refractivity contribution in [3.8, 4) is 0 Å². The Kier molecular flexibility index (Phi) is 1.87. The summed E-state index contributed by atoms with van der Waals surface area (Å²) in [5.41, 5.74) is 0. The minimum atomic E-state index is -0.0880. The van der Waals surface area contributed by atoms with E-state index in [4.69, 9.17) is 0 Å². The lowest BCUT2D eigenvalue weighted by atomic mass is 10.0. The summed E-state index contributed by atoms with van der Waals surface area (Å²) in [6.45, 7) is 2.25. The molecule has 3 heteroatoms. The van der Waals surface area contributed by atoms with Crippen LogP contribution in [0.1, 0.15) is 12.8 Å². The molecule has 2 N–H and O–H groups in total. The van der Waals surface area contributed by atoms with Crippen LogP contribution in [0.2, 0.25) is 0 Å². The molecule has 2 heterocycles. The second-order valence-corrected chi connectivity index (χ2v) is 3.57. The van der Waals surface area contributed by atoms with Gasteiger partial charge < -0.3 is 10.4 Å². The fourth-order valence-electron chi connectivity index (χ4n) is 2.44. The standard InChI is InChI=1S/C8H16N2O/c1-9-6-2-4-10-5-3-7(11)8(6)10/h6-9,11H,2-5H2,1H3/t6-,7-,8?/m0/s1. The number of likely N-dealkylation sites (N-methyl/N-ethyl adjacent to an activating group) is 1. The van der Waals surface area contributed by atoms with Gasteiger partial charge in [0.05, 0.1) is 12.1 Å². The van der Waals surface area contributed by atoms with E-state index in [9.17, 15) is 5.11 Å². The molecule has 0 amide bonds. The van der Waals surface area contributed by atoms with Crippen molar-refractivity contribution in [2.45, 2.75) is 31.0 Å². The van der Waals surface area contributed by atoms with Gasteiger partial charge in [0.25, 0.3) is 0 Å². The molecule has 0 bridgehead atoms. The Morgan fingerprint density at radius 3 is 2.82 bits per heavy atom. The topological polar surface area (TPSA) is 35.5 Å². The van der Waals surface area contributed by atoms with E-state index in [2.05, 4.69) is 10.2 Å². The van der Waals surface area contributed by atoms with E-state index in [0.717, 1.165) is 19.5 Å². The highest BCUT2D eigenvalue weighted by Gasteiger charge is 2.42. The molecule has 2 rings (SSSR count). The summed E-state index contributed by atoms with van der Waals surface area (Å²) in [5, 5.41) is 12.9. The van der Waals surface area contributed by atoms with Gasteiger partial charge in [-0.1, -0.05) is 0 Å². The zero-order valence-electron chi connectivity index (χ0n) is 6.95. The molecule has 0 aliphatic carbocycles. The molecule has 64 valence electrons. The maximum absolute atomic E-state index is 9.62. The van der Waals surface area contributed by atoms with Gasteiger partial charge in [-0.05, 0) is 19.9 Å². The minimum absolute atomic E-state index is 0.0880. The van der Waals surface area contributed by atoms with E-state index < -0.39 is 0 Å². The minimum Gasteiger partial charge on any atom is -0.391 e. The van der Waals surface area contributed by atoms with Crippen molar-refractivity contribution in [1.82, 2.24) is 10.2 Å². The Morgan fingerprint density at radius 1 is 1.36 bits per heavy atom. The van der Waals surface area contributed by atoms with E-state index in [1.807, 2.05) is 7.05 Å². The number of nitrogens with zero attached hydrogens (tertiary/aromatic N) is 1. The van der Waals surface area contributed by atoms with Crippen molar-refractivity contribution in [2.75, 3.05) is 20.1 Å². The summed E-state index contributed by atoms with van der Waals surface area (Å²) in [6, 6.07) is 0.924. The van der Waals surface area contributed by atoms with E-state index in [1.165, 1.54) is 6.42 Å². The highest BCUT2D eigenvalue weighted by Crippen LogP contribution is 2.27. The van der Waals surface area contributed by atoms with Gasteiger partial charge in [0, 0.05) is 19.1 Å². The third kappa shape index (κ3) is 1.08. The predicted molar refractivity (Wildman–Crippen MR) is 43.4 cm³/mol. The number of fused-ring (bicyclic) bond motifs is 1. The Hall–Kier alpha value is -0.120. The first-order valence-corrected chi connectivity index (χ1v) is 4.42. The van der Waals surface area contributed by atoms with Crippen molar-refractivity contribution >= 4 is 0 Å². The fourth-order valence-corrected chi connectivity index (χ4v) is 2.44. The molecule has 0 aromatic heterocycles. The van der Waals surface area contributed by atoms with Crippen molar-refractivity contribution in [3.63, 3.8) is 0 Å². The first-order chi connectivity index (χ1) is 5.33. The lowest BCUT2D eigenvalue weighted by molar-refractivity contribution is 0.123. The van der Waals surface area contributed by atoms with Gasteiger partial charge in [0.1, 0.15) is 0 Å². The third-order valence-corrected chi connectivity index (χ3v) is 3.04. The molecule has 3 nitrogen and oxygen atoms in total. The molecular formula is C8H16N2O. The number of hydrogen-bond acceptors (Lipinski definition) is 3. The Morgan fingerprint density at radius 2 is 2.09 bits per heavy atom. The van der Waals surface area contributed by atoms with Gasteiger partial charge in [-0.15, -0.1) is 0 Å². The first-order valence-electron chi connectivity index (χ1n) is 4.42. The van der Waals surface area contributed by atoms with Crippen molar-refractivity contribution in [3.05, 3.63) is 0 Å². The van der Waals surface area contributed by atoms with Crippen LogP contribution in [0.3, 0.4) is 0 Å². The van der Waals surface area contributed by atoms with Crippen LogP contribution in [0.15, 0.2) is 0 Å². The summed E-state index contributed by atoms with van der Waals surface area (Å²) in [6.07, 6.45) is 2.07. The fraction of sp³-hybridized carbons (Fsp3) is 1.00. The molecule has 0 aromatic rings. The average Bonchev–Trinajstić information content (AvgIpc) is 2.54. The van der Waals surface area contributed by atoms with Gasteiger partial charge in [-0.2, -0.15) is 0 Å². The summed E-state index contributed by atoms with van der Waals surface area (Å²) in [7, 11) is 1.99. The Bertz CT molecular complexity index is 151. The zero-order valence-corrected chi connectivity index (χ0v) is 6.95. The molecule has 2 aliphatic rings. The SMILES string of the molecule is CN[C@H]1CCN2CC[C@H](O)C12. The van der Waals surface area contributed by atoms with Crippen LogP contribution >= 0.6 is 0 Å². The van der Waals surface area contributed by atoms with Crippen LogP contribution in [0.25, 0.3) is 0 Å². The summed E-state index contributed by atoms with van der Waals surface area (Å²) < 4.78 is 0. The van der Waals surface area contributed by atoms with Crippen LogP contribution < -0.4 is 5.32 Å². The summed E-state index contributed by atoms with van der Waals surface area (Å²) in [4.78, 5) is 2.39. The molecule has 2 aliphatic heterocycles. The Balaban J connectivity index is 2.07. The number of nitrogens with one attached hydrogen (secondary N) is 1.